The van der Waals surface area contributed by atoms with Crippen LogP contribution in [0.4, 0.5) is 0 Å². The van der Waals surface area contributed by atoms with E-state index in [4.69, 9.17) is 13.8 Å². The minimum atomic E-state index is -4.72. The number of ether oxygens (including phenoxy) is 1. The lowest BCUT2D eigenvalue weighted by Gasteiger charge is -2.30. The molecule has 3 unspecified atom stereocenters. The van der Waals surface area contributed by atoms with Crippen LogP contribution >= 0.6 is 7.82 Å². The number of esters is 1. The van der Waals surface area contributed by atoms with Gasteiger partial charge in [-0.05, 0) is 122 Å². The number of nitrogens with one attached hydrogen (secondary N) is 1. The Morgan fingerprint density at radius 3 is 1.11 bits per heavy atom. The molecule has 0 saturated heterocycles. The van der Waals surface area contributed by atoms with E-state index in [0.29, 0.717) is 23.9 Å². The molecule has 10 heteroatoms. The Bertz CT molecular complexity index is 1810. The molecule has 9 nitrogen and oxygen atoms in total. The van der Waals surface area contributed by atoms with Crippen molar-refractivity contribution in [2.75, 3.05) is 40.9 Å². The monoisotopic (exact) mass is 1190 g/mol. The quantitative estimate of drug-likeness (QED) is 0.0212. The second-order valence-corrected chi connectivity index (χ2v) is 25.7. The van der Waals surface area contributed by atoms with E-state index in [1.807, 2.05) is 33.3 Å². The van der Waals surface area contributed by atoms with Crippen molar-refractivity contribution in [1.29, 1.82) is 0 Å². The maximum atomic E-state index is 13.6. The van der Waals surface area contributed by atoms with Gasteiger partial charge in [0.2, 0.25) is 5.91 Å². The van der Waals surface area contributed by atoms with Crippen LogP contribution in [-0.2, 0) is 27.9 Å². The highest BCUT2D eigenvalue weighted by Crippen LogP contribution is 2.38. The van der Waals surface area contributed by atoms with E-state index in [2.05, 4.69) is 123 Å². The van der Waals surface area contributed by atoms with E-state index in [-0.39, 0.29) is 24.9 Å². The average molecular weight is 1190 g/mol. The summed E-state index contributed by atoms with van der Waals surface area (Å²) in [4.78, 5) is 40.2. The molecule has 0 aromatic heterocycles. The van der Waals surface area contributed by atoms with Crippen LogP contribution in [0.5, 0.6) is 0 Å². The normalized spacial score (nSPS) is 14.2. The lowest BCUT2D eigenvalue weighted by molar-refractivity contribution is -0.870. The zero-order chi connectivity index (χ0) is 61.4. The molecule has 0 fully saturated rings. The highest BCUT2D eigenvalue weighted by Gasteiger charge is 2.27. The first kappa shape index (κ1) is 80.7. The van der Waals surface area contributed by atoms with Crippen LogP contribution in [0.1, 0.15) is 297 Å². The number of hydrogen-bond acceptors (Lipinski definition) is 7. The van der Waals surface area contributed by atoms with Gasteiger partial charge in [0.05, 0.1) is 33.8 Å². The highest BCUT2D eigenvalue weighted by molar-refractivity contribution is 7.45. The summed E-state index contributed by atoms with van der Waals surface area (Å²) in [7, 11) is 1.16. The molecule has 0 rings (SSSR count). The van der Waals surface area contributed by atoms with E-state index >= 15 is 0 Å². The van der Waals surface area contributed by atoms with Gasteiger partial charge in [0, 0.05) is 12.8 Å². The highest BCUT2D eigenvalue weighted by atomic mass is 31.2. The molecule has 0 aliphatic rings. The first-order valence-corrected chi connectivity index (χ1v) is 36.2. The third kappa shape index (κ3) is 63.2. The largest absolute Gasteiger partial charge is 0.756 e. The molecule has 484 valence electrons. The van der Waals surface area contributed by atoms with Crippen LogP contribution in [0, 0.1) is 0 Å². The average Bonchev–Trinajstić information content (AvgIpc) is 3.64. The number of hydrogen-bond donors (Lipinski definition) is 1. The van der Waals surface area contributed by atoms with Crippen LogP contribution in [0.2, 0.25) is 0 Å². The lowest BCUT2D eigenvalue weighted by atomic mass is 10.0. The molecule has 0 aromatic rings. The Kier molecular flexibility index (Phi) is 60.2. The van der Waals surface area contributed by atoms with Gasteiger partial charge in [0.15, 0.2) is 0 Å². The van der Waals surface area contributed by atoms with Crippen molar-refractivity contribution in [3.63, 3.8) is 0 Å². The third-order valence-corrected chi connectivity index (χ3v) is 15.9. The molecular formula is C74H131N2O7P. The van der Waals surface area contributed by atoms with Gasteiger partial charge in [-0.3, -0.25) is 14.2 Å². The zero-order valence-corrected chi connectivity index (χ0v) is 56.2. The summed E-state index contributed by atoms with van der Waals surface area (Å²) >= 11 is 0. The number of unbranched alkanes of at least 4 members (excludes halogenated alkanes) is 30. The van der Waals surface area contributed by atoms with Crippen molar-refractivity contribution in [3.8, 4) is 0 Å². The zero-order valence-electron chi connectivity index (χ0n) is 55.3. The number of likely N-dealkylation sites (N-methyl/N-ethyl adjacent to an activating group) is 1. The van der Waals surface area contributed by atoms with Crippen LogP contribution in [0.15, 0.2) is 109 Å². The molecule has 0 aliphatic heterocycles. The van der Waals surface area contributed by atoms with Gasteiger partial charge >= 0.3 is 5.97 Å². The van der Waals surface area contributed by atoms with Gasteiger partial charge in [-0.25, -0.2) is 0 Å². The first-order valence-electron chi connectivity index (χ1n) is 34.7. The number of carbonyl (C=O) groups is 2. The summed E-state index contributed by atoms with van der Waals surface area (Å²) in [6.45, 7) is 6.78. The number of quaternary nitrogens is 1. The maximum Gasteiger partial charge on any atom is 0.306 e. The number of phosphoric acid groups is 1. The fraction of sp³-hybridized carbons (Fsp3) is 0.730. The van der Waals surface area contributed by atoms with E-state index in [9.17, 15) is 19.0 Å². The smallest absolute Gasteiger partial charge is 0.306 e. The molecule has 3 atom stereocenters. The molecule has 1 amide bonds. The molecule has 0 bridgehead atoms. The van der Waals surface area contributed by atoms with E-state index < -0.39 is 26.6 Å². The third-order valence-electron chi connectivity index (χ3n) is 14.9. The van der Waals surface area contributed by atoms with Crippen LogP contribution < -0.4 is 10.2 Å². The maximum absolute atomic E-state index is 13.6. The van der Waals surface area contributed by atoms with Crippen LogP contribution in [-0.4, -0.2) is 69.4 Å². The van der Waals surface area contributed by atoms with Gasteiger partial charge in [-0.15, -0.1) is 0 Å². The predicted molar refractivity (Wildman–Crippen MR) is 362 cm³/mol. The number of amides is 1. The second kappa shape index (κ2) is 62.7. The van der Waals surface area contributed by atoms with Crippen molar-refractivity contribution in [3.05, 3.63) is 109 Å². The Labute approximate surface area is 519 Å². The summed E-state index contributed by atoms with van der Waals surface area (Å²) in [5.74, 6) is -0.570. The van der Waals surface area contributed by atoms with Gasteiger partial charge in [-0.1, -0.05) is 272 Å². The van der Waals surface area contributed by atoms with Crippen molar-refractivity contribution in [2.45, 2.75) is 309 Å². The molecule has 0 spiro atoms. The van der Waals surface area contributed by atoms with E-state index in [1.165, 1.54) is 135 Å². The molecule has 0 radical (unpaired) electrons. The van der Waals surface area contributed by atoms with Gasteiger partial charge in [-0.2, -0.15) is 0 Å². The van der Waals surface area contributed by atoms with Crippen molar-refractivity contribution < 1.29 is 37.3 Å². The van der Waals surface area contributed by atoms with Gasteiger partial charge < -0.3 is 28.5 Å². The molecular weight excluding hydrogens is 1060 g/mol. The standard InChI is InChI=1S/C74H131N2O7P/c1-7-10-13-16-19-22-25-28-30-32-34-36-37-38-39-41-42-44-46-48-51-54-57-60-63-66-73(77)75-71(70-82-84(79,80)81-69-68-76(4,5)6)72(65-62-59-56-53-50-27-24-21-18-15-12-9-3)83-74(78)67-64-61-58-55-52-49-47-45-43-40-35-33-31-29-26-23-20-17-14-11-8-2/h19-20,22-23,28-31,34-36,38-40,45,47,62,65,71-72H,7-18,21,24-27,32-33,37,41-44,46,48-61,63-64,66-70H2,1-6H3,(H-,75,77,79,80)/b22-19-,23-20-,30-28-,31-29-,36-34-,39-38-,40-35-,47-45-,65-62-. The number of nitrogens with zero attached hydrogens (tertiary/aromatic N) is 1. The summed E-state index contributed by atoms with van der Waals surface area (Å²) in [6, 6.07) is -0.908. The molecule has 84 heavy (non-hydrogen) atoms. The first-order chi connectivity index (χ1) is 40.9. The van der Waals surface area contributed by atoms with E-state index in [0.717, 1.165) is 122 Å². The Balaban J connectivity index is 5.17. The van der Waals surface area contributed by atoms with Gasteiger partial charge in [0.1, 0.15) is 19.3 Å². The Morgan fingerprint density at radius 1 is 0.417 bits per heavy atom. The summed E-state index contributed by atoms with van der Waals surface area (Å²) < 4.78 is 30.4. The predicted octanol–water partition coefficient (Wildman–Crippen LogP) is 21.4. The summed E-state index contributed by atoms with van der Waals surface area (Å²) in [5.41, 5.74) is 0. The second-order valence-electron chi connectivity index (χ2n) is 24.3. The molecule has 0 heterocycles. The minimum absolute atomic E-state index is 0.0320. The molecule has 1 N–H and O–H groups in total. The Morgan fingerprint density at radius 2 is 0.726 bits per heavy atom. The Hall–Kier alpha value is -3.33. The number of allylic oxidation sites excluding steroid dienone is 17. The van der Waals surface area contributed by atoms with Crippen molar-refractivity contribution in [2.24, 2.45) is 0 Å². The lowest BCUT2D eigenvalue weighted by Crippen LogP contribution is -2.47. The number of carbonyl (C=O) groups excluding carboxylic acids is 2. The topological polar surface area (TPSA) is 114 Å². The number of phosphoric ester groups is 1. The van der Waals surface area contributed by atoms with Crippen molar-refractivity contribution in [1.82, 2.24) is 5.32 Å². The fourth-order valence-electron chi connectivity index (χ4n) is 9.55. The van der Waals surface area contributed by atoms with E-state index in [1.54, 1.807) is 0 Å². The van der Waals surface area contributed by atoms with Crippen LogP contribution in [0.25, 0.3) is 0 Å². The van der Waals surface area contributed by atoms with Crippen molar-refractivity contribution >= 4 is 19.7 Å². The number of rotatable bonds is 62. The SMILES string of the molecule is CCCCC/C=C\C/C=C\C/C=C\C/C=C\CCCCCCCCCCCC(=O)NC(COP(=O)([O-])OCC[N+](C)(C)C)C(/C=C\CCCCCCCCCCCC)OC(=O)CCCCCCC/C=C\C/C=C\C/C=C\C/C=C\CCCCC. The molecule has 0 aromatic carbocycles. The summed E-state index contributed by atoms with van der Waals surface area (Å²) in [6.07, 6.45) is 86.3. The molecule has 0 saturated carbocycles. The minimum Gasteiger partial charge on any atom is -0.756 e. The fourth-order valence-corrected chi connectivity index (χ4v) is 10.3. The molecule has 0 aliphatic carbocycles. The summed E-state index contributed by atoms with van der Waals surface area (Å²) in [5, 5.41) is 3.03. The van der Waals surface area contributed by atoms with Crippen LogP contribution in [0.3, 0.4) is 0 Å². The van der Waals surface area contributed by atoms with Gasteiger partial charge in [0.25, 0.3) is 7.82 Å².